The summed E-state index contributed by atoms with van der Waals surface area (Å²) in [7, 11) is 0. The maximum absolute atomic E-state index is 5.72. The molecule has 2 N–H and O–H groups in total. The van der Waals surface area contributed by atoms with Gasteiger partial charge in [0.25, 0.3) is 0 Å². The first-order chi connectivity index (χ1) is 11.4. The third-order valence-electron chi connectivity index (χ3n) is 3.92. The summed E-state index contributed by atoms with van der Waals surface area (Å²) in [5.74, 6) is 3.11. The Labute approximate surface area is 136 Å². The number of ether oxygens (including phenoxy) is 1. The topological polar surface area (TPSA) is 58.8 Å². The molecule has 122 valence electrons. The van der Waals surface area contributed by atoms with Gasteiger partial charge in [-0.05, 0) is 37.1 Å². The second-order valence-corrected chi connectivity index (χ2v) is 5.53. The molecule has 5 heteroatoms. The Hall–Kier alpha value is -2.43. The van der Waals surface area contributed by atoms with Crippen LogP contribution in [-0.4, -0.2) is 25.7 Å². The number of hydrogen-bond donors (Lipinski definition) is 2. The molecule has 1 unspecified atom stereocenters. The molecule has 0 fully saturated rings. The molecule has 0 aliphatic carbocycles. The molecule has 0 radical (unpaired) electrons. The van der Waals surface area contributed by atoms with Gasteiger partial charge in [0, 0.05) is 19.0 Å². The Bertz CT molecular complexity index is 637. The molecule has 0 saturated carbocycles. The Morgan fingerprint density at radius 1 is 1.22 bits per heavy atom. The zero-order chi connectivity index (χ0) is 15.9. The highest BCUT2D eigenvalue weighted by Gasteiger charge is 2.21. The highest BCUT2D eigenvalue weighted by Crippen LogP contribution is 2.32. The summed E-state index contributed by atoms with van der Waals surface area (Å²) >= 11 is 0. The molecule has 2 heterocycles. The SMILES string of the molecule is CCNC(=NCc1ccco1)NCC1CCOc2ccccc21. The quantitative estimate of drug-likeness (QED) is 0.658. The molecule has 5 nitrogen and oxygen atoms in total. The van der Waals surface area contributed by atoms with Crippen LogP contribution < -0.4 is 15.4 Å². The molecular weight excluding hydrogens is 290 g/mol. The van der Waals surface area contributed by atoms with E-state index in [2.05, 4.69) is 34.7 Å². The van der Waals surface area contributed by atoms with E-state index in [1.54, 1.807) is 6.26 Å². The highest BCUT2D eigenvalue weighted by molar-refractivity contribution is 5.79. The largest absolute Gasteiger partial charge is 0.493 e. The third kappa shape index (κ3) is 4.06. The van der Waals surface area contributed by atoms with E-state index in [0.717, 1.165) is 43.6 Å². The first-order valence-electron chi connectivity index (χ1n) is 8.13. The maximum atomic E-state index is 5.72. The highest BCUT2D eigenvalue weighted by atomic mass is 16.5. The molecule has 1 atom stereocenters. The number of hydrogen-bond acceptors (Lipinski definition) is 3. The second kappa shape index (κ2) is 7.72. The number of aliphatic imine (C=N–C) groups is 1. The number of furan rings is 1. The molecule has 1 aromatic carbocycles. The summed E-state index contributed by atoms with van der Waals surface area (Å²) in [6, 6.07) is 12.1. The maximum Gasteiger partial charge on any atom is 0.191 e. The van der Waals surface area contributed by atoms with Crippen LogP contribution in [0.5, 0.6) is 5.75 Å². The smallest absolute Gasteiger partial charge is 0.191 e. The van der Waals surface area contributed by atoms with Crippen molar-refractivity contribution >= 4 is 5.96 Å². The van der Waals surface area contributed by atoms with E-state index >= 15 is 0 Å². The number of para-hydroxylation sites is 1. The molecule has 3 rings (SSSR count). The fraction of sp³-hybridized carbons (Fsp3) is 0.389. The number of nitrogens with one attached hydrogen (secondary N) is 2. The normalized spacial score (nSPS) is 17.3. The lowest BCUT2D eigenvalue weighted by atomic mass is 9.93. The number of fused-ring (bicyclic) bond motifs is 1. The average Bonchev–Trinajstić information content (AvgIpc) is 3.11. The van der Waals surface area contributed by atoms with Crippen LogP contribution >= 0.6 is 0 Å². The minimum Gasteiger partial charge on any atom is -0.493 e. The van der Waals surface area contributed by atoms with Gasteiger partial charge in [-0.3, -0.25) is 0 Å². The van der Waals surface area contributed by atoms with E-state index in [9.17, 15) is 0 Å². The molecular formula is C18H23N3O2. The van der Waals surface area contributed by atoms with Crippen molar-refractivity contribution in [2.45, 2.75) is 25.8 Å². The van der Waals surface area contributed by atoms with Crippen molar-refractivity contribution in [3.63, 3.8) is 0 Å². The Morgan fingerprint density at radius 2 is 2.13 bits per heavy atom. The molecule has 23 heavy (non-hydrogen) atoms. The van der Waals surface area contributed by atoms with Gasteiger partial charge in [-0.15, -0.1) is 0 Å². The standard InChI is InChI=1S/C18H23N3O2/c1-2-19-18(21-13-15-6-5-10-22-15)20-12-14-9-11-23-17-8-4-3-7-16(14)17/h3-8,10,14H,2,9,11-13H2,1H3,(H2,19,20,21). The summed E-state index contributed by atoms with van der Waals surface area (Å²) in [6.45, 7) is 5.03. The Balaban J connectivity index is 1.62. The summed E-state index contributed by atoms with van der Waals surface area (Å²) in [5.41, 5.74) is 1.27. The van der Waals surface area contributed by atoms with Gasteiger partial charge in [-0.25, -0.2) is 4.99 Å². The van der Waals surface area contributed by atoms with Crippen molar-refractivity contribution in [3.05, 3.63) is 54.0 Å². The summed E-state index contributed by atoms with van der Waals surface area (Å²) in [5, 5.41) is 6.71. The van der Waals surface area contributed by atoms with Gasteiger partial charge in [0.1, 0.15) is 18.1 Å². The van der Waals surface area contributed by atoms with Crippen molar-refractivity contribution in [2.75, 3.05) is 19.7 Å². The van der Waals surface area contributed by atoms with Crippen LogP contribution in [0.4, 0.5) is 0 Å². The van der Waals surface area contributed by atoms with Gasteiger partial charge in [-0.2, -0.15) is 0 Å². The lowest BCUT2D eigenvalue weighted by molar-refractivity contribution is 0.267. The van der Waals surface area contributed by atoms with Gasteiger partial charge in [0.15, 0.2) is 5.96 Å². The van der Waals surface area contributed by atoms with E-state index in [4.69, 9.17) is 9.15 Å². The molecule has 1 aliphatic heterocycles. The second-order valence-electron chi connectivity index (χ2n) is 5.53. The lowest BCUT2D eigenvalue weighted by Crippen LogP contribution is -2.40. The van der Waals surface area contributed by atoms with Crippen molar-refractivity contribution in [3.8, 4) is 5.75 Å². The van der Waals surface area contributed by atoms with Crippen LogP contribution in [0.15, 0.2) is 52.1 Å². The monoisotopic (exact) mass is 313 g/mol. The van der Waals surface area contributed by atoms with Crippen LogP contribution in [-0.2, 0) is 6.54 Å². The van der Waals surface area contributed by atoms with Crippen LogP contribution in [0.25, 0.3) is 0 Å². The summed E-state index contributed by atoms with van der Waals surface area (Å²) in [6.07, 6.45) is 2.69. The fourth-order valence-electron chi connectivity index (χ4n) is 2.75. The Kier molecular flexibility index (Phi) is 5.19. The fourth-order valence-corrected chi connectivity index (χ4v) is 2.75. The van der Waals surface area contributed by atoms with Gasteiger partial charge >= 0.3 is 0 Å². The molecule has 0 saturated heterocycles. The Morgan fingerprint density at radius 3 is 2.96 bits per heavy atom. The number of benzene rings is 1. The van der Waals surface area contributed by atoms with Gasteiger partial charge in [0.05, 0.1) is 12.9 Å². The number of nitrogens with zero attached hydrogens (tertiary/aromatic N) is 1. The van der Waals surface area contributed by atoms with Gasteiger partial charge < -0.3 is 19.8 Å². The lowest BCUT2D eigenvalue weighted by Gasteiger charge is -2.26. The van der Waals surface area contributed by atoms with Crippen molar-refractivity contribution in [1.29, 1.82) is 0 Å². The molecule has 1 aromatic heterocycles. The van der Waals surface area contributed by atoms with E-state index in [1.165, 1.54) is 5.56 Å². The molecule has 0 bridgehead atoms. The summed E-state index contributed by atoms with van der Waals surface area (Å²) in [4.78, 5) is 4.57. The van der Waals surface area contributed by atoms with Crippen LogP contribution in [0, 0.1) is 0 Å². The van der Waals surface area contributed by atoms with Crippen molar-refractivity contribution in [2.24, 2.45) is 4.99 Å². The predicted octanol–water partition coefficient (Wildman–Crippen LogP) is 2.90. The zero-order valence-electron chi connectivity index (χ0n) is 13.4. The van der Waals surface area contributed by atoms with Crippen molar-refractivity contribution in [1.82, 2.24) is 10.6 Å². The third-order valence-corrected chi connectivity index (χ3v) is 3.92. The average molecular weight is 313 g/mol. The predicted molar refractivity (Wildman–Crippen MR) is 90.8 cm³/mol. The first-order valence-corrected chi connectivity index (χ1v) is 8.13. The minimum atomic E-state index is 0.437. The number of guanidine groups is 1. The van der Waals surface area contributed by atoms with E-state index in [1.807, 2.05) is 24.3 Å². The van der Waals surface area contributed by atoms with Gasteiger partial charge in [-0.1, -0.05) is 18.2 Å². The van der Waals surface area contributed by atoms with Crippen LogP contribution in [0.3, 0.4) is 0 Å². The van der Waals surface area contributed by atoms with Crippen LogP contribution in [0.1, 0.15) is 30.6 Å². The van der Waals surface area contributed by atoms with Crippen molar-refractivity contribution < 1.29 is 9.15 Å². The molecule has 1 aliphatic rings. The number of rotatable bonds is 5. The van der Waals surface area contributed by atoms with Gasteiger partial charge in [0.2, 0.25) is 0 Å². The first kappa shape index (κ1) is 15.5. The van der Waals surface area contributed by atoms with E-state index < -0.39 is 0 Å². The summed E-state index contributed by atoms with van der Waals surface area (Å²) < 4.78 is 11.0. The van der Waals surface area contributed by atoms with Crippen LogP contribution in [0.2, 0.25) is 0 Å². The minimum absolute atomic E-state index is 0.437. The zero-order valence-corrected chi connectivity index (χ0v) is 13.4. The molecule has 0 amide bonds. The van der Waals surface area contributed by atoms with E-state index in [0.29, 0.717) is 12.5 Å². The molecule has 0 spiro atoms. The molecule has 2 aromatic rings. The van der Waals surface area contributed by atoms with E-state index in [-0.39, 0.29) is 0 Å².